The van der Waals surface area contributed by atoms with Gasteiger partial charge >= 0.3 is 0 Å². The lowest BCUT2D eigenvalue weighted by atomic mass is 10.2. The van der Waals surface area contributed by atoms with Crippen LogP contribution in [0.2, 0.25) is 0 Å². The summed E-state index contributed by atoms with van der Waals surface area (Å²) >= 11 is 3.31. The fourth-order valence-corrected chi connectivity index (χ4v) is 2.73. The topological polar surface area (TPSA) is 97.1 Å². The maximum Gasteiger partial charge on any atom is 0.255 e. The Balaban J connectivity index is 1.55. The third-order valence-electron chi connectivity index (χ3n) is 3.56. The van der Waals surface area contributed by atoms with Crippen LogP contribution < -0.4 is 0 Å². The highest BCUT2D eigenvalue weighted by Crippen LogP contribution is 2.13. The zero-order valence-electron chi connectivity index (χ0n) is 12.2. The van der Waals surface area contributed by atoms with Gasteiger partial charge in [-0.15, -0.1) is 5.10 Å². The molecule has 120 valence electrons. The Morgan fingerprint density at radius 1 is 1.13 bits per heavy atom. The number of rotatable bonds is 3. The quantitative estimate of drug-likeness (QED) is 0.733. The number of tetrazole rings is 1. The standard InChI is InChI=1S/C13H14BrN7O2/c14-11-5-10(6-15-7-11)13(23)20-3-1-19(2-4-20)12(22)8-21-9-16-17-18-21/h5-7,9H,1-4,8H2. The molecule has 1 aliphatic rings. The summed E-state index contributed by atoms with van der Waals surface area (Å²) in [7, 11) is 0. The summed E-state index contributed by atoms with van der Waals surface area (Å²) in [5.74, 6) is -0.139. The number of nitrogens with zero attached hydrogens (tertiary/aromatic N) is 7. The molecule has 2 aromatic rings. The Hall–Kier alpha value is -2.36. The van der Waals surface area contributed by atoms with E-state index < -0.39 is 0 Å². The number of halogens is 1. The molecule has 0 N–H and O–H groups in total. The third kappa shape index (κ3) is 3.70. The molecular weight excluding hydrogens is 366 g/mol. The molecule has 10 heteroatoms. The van der Waals surface area contributed by atoms with Crippen molar-refractivity contribution in [1.82, 2.24) is 35.0 Å². The Morgan fingerprint density at radius 2 is 1.87 bits per heavy atom. The van der Waals surface area contributed by atoms with Crippen molar-refractivity contribution in [3.8, 4) is 0 Å². The van der Waals surface area contributed by atoms with Crippen LogP contribution in [0.4, 0.5) is 0 Å². The molecule has 0 bridgehead atoms. The second-order valence-corrected chi connectivity index (χ2v) is 5.99. The van der Waals surface area contributed by atoms with Gasteiger partial charge in [-0.2, -0.15) is 0 Å². The van der Waals surface area contributed by atoms with Gasteiger partial charge in [-0.05, 0) is 32.4 Å². The first-order chi connectivity index (χ1) is 11.1. The number of piperazine rings is 1. The van der Waals surface area contributed by atoms with Crippen LogP contribution in [0.25, 0.3) is 0 Å². The predicted molar refractivity (Wildman–Crippen MR) is 82.2 cm³/mol. The summed E-state index contributed by atoms with van der Waals surface area (Å²) in [6.07, 6.45) is 4.58. The molecular formula is C13H14BrN7O2. The van der Waals surface area contributed by atoms with Gasteiger partial charge in [0.25, 0.3) is 5.91 Å². The molecule has 1 fully saturated rings. The molecule has 23 heavy (non-hydrogen) atoms. The second-order valence-electron chi connectivity index (χ2n) is 5.07. The van der Waals surface area contributed by atoms with Gasteiger partial charge in [0.15, 0.2) is 0 Å². The van der Waals surface area contributed by atoms with E-state index in [0.29, 0.717) is 31.7 Å². The highest BCUT2D eigenvalue weighted by Gasteiger charge is 2.25. The first-order valence-electron chi connectivity index (χ1n) is 7.02. The van der Waals surface area contributed by atoms with Gasteiger partial charge in [0.2, 0.25) is 5.91 Å². The van der Waals surface area contributed by atoms with Crippen LogP contribution in [-0.4, -0.2) is 73.0 Å². The van der Waals surface area contributed by atoms with E-state index in [0.717, 1.165) is 4.47 Å². The smallest absolute Gasteiger partial charge is 0.255 e. The highest BCUT2D eigenvalue weighted by atomic mass is 79.9. The average molecular weight is 380 g/mol. The average Bonchev–Trinajstić information content (AvgIpc) is 3.07. The molecule has 0 radical (unpaired) electrons. The van der Waals surface area contributed by atoms with E-state index in [1.807, 2.05) is 0 Å². The number of carbonyl (C=O) groups excluding carboxylic acids is 2. The van der Waals surface area contributed by atoms with E-state index in [4.69, 9.17) is 0 Å². The van der Waals surface area contributed by atoms with Crippen LogP contribution in [0.1, 0.15) is 10.4 Å². The zero-order chi connectivity index (χ0) is 16.2. The molecule has 1 aliphatic heterocycles. The van der Waals surface area contributed by atoms with E-state index in [1.165, 1.54) is 11.0 Å². The normalized spacial score (nSPS) is 14.8. The van der Waals surface area contributed by atoms with Gasteiger partial charge in [0, 0.05) is 43.0 Å². The minimum absolute atomic E-state index is 0.0616. The van der Waals surface area contributed by atoms with Crippen LogP contribution in [0, 0.1) is 0 Å². The fraction of sp³-hybridized carbons (Fsp3) is 0.385. The van der Waals surface area contributed by atoms with E-state index in [9.17, 15) is 9.59 Å². The minimum Gasteiger partial charge on any atom is -0.338 e. The molecule has 0 unspecified atom stereocenters. The molecule has 1 saturated heterocycles. The number of pyridine rings is 1. The molecule has 3 heterocycles. The van der Waals surface area contributed by atoms with Gasteiger partial charge in [0.1, 0.15) is 12.9 Å². The summed E-state index contributed by atoms with van der Waals surface area (Å²) in [6.45, 7) is 2.08. The first-order valence-corrected chi connectivity index (χ1v) is 7.81. The number of carbonyl (C=O) groups is 2. The maximum atomic E-state index is 12.4. The van der Waals surface area contributed by atoms with Gasteiger partial charge in [-0.3, -0.25) is 14.6 Å². The number of amides is 2. The van der Waals surface area contributed by atoms with Crippen molar-refractivity contribution in [2.45, 2.75) is 6.54 Å². The first kappa shape index (κ1) is 15.5. The zero-order valence-corrected chi connectivity index (χ0v) is 13.8. The molecule has 0 aromatic carbocycles. The highest BCUT2D eigenvalue weighted by molar-refractivity contribution is 9.10. The maximum absolute atomic E-state index is 12.4. The van der Waals surface area contributed by atoms with Gasteiger partial charge in [-0.1, -0.05) is 0 Å². The molecule has 0 aliphatic carbocycles. The summed E-state index contributed by atoms with van der Waals surface area (Å²) < 4.78 is 2.14. The van der Waals surface area contributed by atoms with Crippen molar-refractivity contribution in [3.63, 3.8) is 0 Å². The minimum atomic E-state index is -0.0774. The molecule has 3 rings (SSSR count). The van der Waals surface area contributed by atoms with Gasteiger partial charge in [-0.25, -0.2) is 4.68 Å². The van der Waals surface area contributed by atoms with Gasteiger partial charge < -0.3 is 9.80 Å². The third-order valence-corrected chi connectivity index (χ3v) is 3.99. The Bertz CT molecular complexity index is 698. The summed E-state index contributed by atoms with van der Waals surface area (Å²) in [5.41, 5.74) is 0.535. The second kappa shape index (κ2) is 6.82. The Kier molecular flexibility index (Phi) is 4.60. The lowest BCUT2D eigenvalue weighted by Gasteiger charge is -2.34. The Labute approximate surface area is 140 Å². The predicted octanol–water partition coefficient (Wildman–Crippen LogP) is -0.185. The fourth-order valence-electron chi connectivity index (χ4n) is 2.36. The monoisotopic (exact) mass is 379 g/mol. The van der Waals surface area contributed by atoms with Crippen molar-refractivity contribution < 1.29 is 9.59 Å². The summed E-state index contributed by atoms with van der Waals surface area (Å²) in [6, 6.07) is 1.74. The lowest BCUT2D eigenvalue weighted by Crippen LogP contribution is -2.51. The number of hydrogen-bond donors (Lipinski definition) is 0. The number of hydrogen-bond acceptors (Lipinski definition) is 6. The summed E-state index contributed by atoms with van der Waals surface area (Å²) in [4.78, 5) is 32.0. The van der Waals surface area contributed by atoms with Crippen LogP contribution >= 0.6 is 15.9 Å². The molecule has 0 spiro atoms. The van der Waals surface area contributed by atoms with Crippen LogP contribution in [0.5, 0.6) is 0 Å². The van der Waals surface area contributed by atoms with E-state index in [-0.39, 0.29) is 18.4 Å². The largest absolute Gasteiger partial charge is 0.338 e. The molecule has 2 amide bonds. The molecule has 0 atom stereocenters. The summed E-state index contributed by atoms with van der Waals surface area (Å²) in [5, 5.41) is 10.7. The van der Waals surface area contributed by atoms with Crippen molar-refractivity contribution >= 4 is 27.7 Å². The van der Waals surface area contributed by atoms with Crippen LogP contribution in [-0.2, 0) is 11.3 Å². The molecule has 2 aromatic heterocycles. The van der Waals surface area contributed by atoms with Crippen molar-refractivity contribution in [3.05, 3.63) is 34.8 Å². The molecule has 0 saturated carbocycles. The van der Waals surface area contributed by atoms with E-state index in [1.54, 1.807) is 28.3 Å². The van der Waals surface area contributed by atoms with E-state index in [2.05, 4.69) is 36.4 Å². The van der Waals surface area contributed by atoms with Crippen LogP contribution in [0.15, 0.2) is 29.3 Å². The SMILES string of the molecule is O=C(Cn1cnnn1)N1CCN(C(=O)c2cncc(Br)c2)CC1. The van der Waals surface area contributed by atoms with Crippen LogP contribution in [0.3, 0.4) is 0 Å². The van der Waals surface area contributed by atoms with Gasteiger partial charge in [0.05, 0.1) is 5.56 Å². The van der Waals surface area contributed by atoms with Crippen molar-refractivity contribution in [1.29, 1.82) is 0 Å². The van der Waals surface area contributed by atoms with E-state index >= 15 is 0 Å². The van der Waals surface area contributed by atoms with Crippen molar-refractivity contribution in [2.75, 3.05) is 26.2 Å². The number of aromatic nitrogens is 5. The Morgan fingerprint density at radius 3 is 2.52 bits per heavy atom. The lowest BCUT2D eigenvalue weighted by molar-refractivity contribution is -0.133. The van der Waals surface area contributed by atoms with Crippen molar-refractivity contribution in [2.24, 2.45) is 0 Å². The molecule has 9 nitrogen and oxygen atoms in total.